The van der Waals surface area contributed by atoms with Gasteiger partial charge in [0.2, 0.25) is 0 Å². The number of ketones is 1. The average molecular weight is 212 g/mol. The molecule has 0 aliphatic carbocycles. The lowest BCUT2D eigenvalue weighted by Crippen LogP contribution is -2.31. The predicted octanol–water partition coefficient (Wildman–Crippen LogP) is 2.73. The summed E-state index contributed by atoms with van der Waals surface area (Å²) in [7, 11) is 0. The molecule has 0 aliphatic rings. The second-order valence-corrected chi connectivity index (χ2v) is 3.92. The van der Waals surface area contributed by atoms with Gasteiger partial charge in [0, 0.05) is 5.92 Å². The van der Waals surface area contributed by atoms with Gasteiger partial charge in [-0.15, -0.1) is 0 Å². The van der Waals surface area contributed by atoms with Gasteiger partial charge in [-0.25, -0.2) is 0 Å². The van der Waals surface area contributed by atoms with E-state index in [4.69, 9.17) is 2.74 Å². The quantitative estimate of drug-likeness (QED) is 0.659. The molecule has 1 unspecified atom stereocenters. The third kappa shape index (κ3) is 4.93. The Bertz CT molecular complexity index is 294. The summed E-state index contributed by atoms with van der Waals surface area (Å²) < 4.78 is 13.8. The van der Waals surface area contributed by atoms with Crippen molar-refractivity contribution >= 4 is 5.78 Å². The second-order valence-electron chi connectivity index (χ2n) is 3.92. The smallest absolute Gasteiger partial charge is 0.135 e. The zero-order valence-corrected chi connectivity index (χ0v) is 9.73. The first kappa shape index (κ1) is 10.6. The van der Waals surface area contributed by atoms with Crippen molar-refractivity contribution in [3.05, 3.63) is 24.8 Å². The van der Waals surface area contributed by atoms with Crippen LogP contribution >= 0.6 is 0 Å². The molecule has 0 rings (SSSR count). The Morgan fingerprint density at radius 1 is 1.67 bits per heavy atom. The lowest BCUT2D eigenvalue weighted by atomic mass is 9.86. The first-order valence-corrected chi connectivity index (χ1v) is 5.38. The maximum absolute atomic E-state index is 11.3. The molecule has 0 saturated carbocycles. The minimum atomic E-state index is -0.627. The SMILES string of the molecule is [2H]C([2H])=CC=CC[C@@H](C)C(O)[C@H](CC)C(C)=O. The van der Waals surface area contributed by atoms with Crippen LogP contribution in [0.5, 0.6) is 0 Å². The number of Topliss-reactive ketones (excluding diaryl/α,β-unsaturated/α-hetero) is 1. The van der Waals surface area contributed by atoms with E-state index in [0.29, 0.717) is 12.8 Å². The van der Waals surface area contributed by atoms with Gasteiger partial charge >= 0.3 is 0 Å². The molecule has 0 radical (unpaired) electrons. The summed E-state index contributed by atoms with van der Waals surface area (Å²) in [5.74, 6) is -0.277. The highest BCUT2D eigenvalue weighted by Crippen LogP contribution is 2.20. The molecule has 0 aromatic carbocycles. The maximum Gasteiger partial charge on any atom is 0.135 e. The van der Waals surface area contributed by atoms with Gasteiger partial charge in [-0.1, -0.05) is 38.6 Å². The standard InChI is InChI=1S/C13H22O2/c1-5-7-8-9-10(3)13(15)12(6-2)11(4)14/h5,7-8,10,12-13,15H,1,6,9H2,2-4H3/t10-,12-,13?/m1/s1/i1D2. The van der Waals surface area contributed by atoms with Crippen LogP contribution in [0.15, 0.2) is 24.8 Å². The molecule has 2 nitrogen and oxygen atoms in total. The highest BCUT2D eigenvalue weighted by atomic mass is 16.3. The monoisotopic (exact) mass is 212 g/mol. The summed E-state index contributed by atoms with van der Waals surface area (Å²) in [6, 6.07) is 0. The fraction of sp³-hybridized carbons (Fsp3) is 0.615. The number of hydrogen-bond acceptors (Lipinski definition) is 2. The second kappa shape index (κ2) is 7.41. The van der Waals surface area contributed by atoms with Crippen LogP contribution in [0.25, 0.3) is 0 Å². The maximum atomic E-state index is 11.3. The minimum absolute atomic E-state index is 0.00610. The molecule has 0 aromatic heterocycles. The highest BCUT2D eigenvalue weighted by molar-refractivity contribution is 5.78. The van der Waals surface area contributed by atoms with Crippen LogP contribution in [-0.2, 0) is 4.79 Å². The van der Waals surface area contributed by atoms with Crippen molar-refractivity contribution in [2.24, 2.45) is 11.8 Å². The number of rotatable bonds is 7. The zero-order chi connectivity index (χ0) is 13.4. The summed E-state index contributed by atoms with van der Waals surface area (Å²) >= 11 is 0. The molecular weight excluding hydrogens is 188 g/mol. The van der Waals surface area contributed by atoms with Gasteiger partial charge in [-0.3, -0.25) is 4.79 Å². The van der Waals surface area contributed by atoms with Crippen LogP contribution in [-0.4, -0.2) is 17.0 Å². The van der Waals surface area contributed by atoms with Crippen molar-refractivity contribution in [2.45, 2.75) is 39.7 Å². The van der Waals surface area contributed by atoms with E-state index in [1.165, 1.54) is 13.0 Å². The van der Waals surface area contributed by atoms with Gasteiger partial charge in [-0.05, 0) is 25.7 Å². The van der Waals surface area contributed by atoms with Crippen LogP contribution in [0.1, 0.15) is 36.4 Å². The Balaban J connectivity index is 4.30. The topological polar surface area (TPSA) is 37.3 Å². The summed E-state index contributed by atoms with van der Waals surface area (Å²) in [5.41, 5.74) is 0. The van der Waals surface area contributed by atoms with Crippen molar-refractivity contribution in [1.29, 1.82) is 0 Å². The summed E-state index contributed by atoms with van der Waals surface area (Å²) in [5, 5.41) is 10.0. The van der Waals surface area contributed by atoms with E-state index in [1.54, 1.807) is 6.08 Å². The van der Waals surface area contributed by atoms with Gasteiger partial charge in [0.15, 0.2) is 0 Å². The molecule has 15 heavy (non-hydrogen) atoms. The Morgan fingerprint density at radius 3 is 2.80 bits per heavy atom. The van der Waals surface area contributed by atoms with Crippen molar-refractivity contribution < 1.29 is 12.6 Å². The number of allylic oxidation sites excluding steroid dienone is 3. The van der Waals surface area contributed by atoms with E-state index in [-0.39, 0.29) is 24.2 Å². The Kier molecular flexibility index (Phi) is 5.25. The first-order chi connectivity index (χ1) is 7.90. The van der Waals surface area contributed by atoms with Crippen molar-refractivity contribution in [3.63, 3.8) is 0 Å². The molecule has 0 heterocycles. The van der Waals surface area contributed by atoms with E-state index >= 15 is 0 Å². The van der Waals surface area contributed by atoms with Crippen LogP contribution in [0.3, 0.4) is 0 Å². The largest absolute Gasteiger partial charge is 0.392 e. The lowest BCUT2D eigenvalue weighted by molar-refractivity contribution is -0.125. The van der Waals surface area contributed by atoms with Crippen molar-refractivity contribution in [2.75, 3.05) is 0 Å². The fourth-order valence-corrected chi connectivity index (χ4v) is 1.67. The Hall–Kier alpha value is -0.890. The minimum Gasteiger partial charge on any atom is -0.392 e. The van der Waals surface area contributed by atoms with E-state index < -0.39 is 6.10 Å². The molecule has 2 heteroatoms. The predicted molar refractivity (Wildman–Crippen MR) is 63.6 cm³/mol. The van der Waals surface area contributed by atoms with E-state index in [9.17, 15) is 9.90 Å². The van der Waals surface area contributed by atoms with Gasteiger partial charge in [0.1, 0.15) is 5.78 Å². The molecule has 0 spiro atoms. The molecule has 86 valence electrons. The molecule has 0 saturated heterocycles. The number of carbonyl (C=O) groups excluding carboxylic acids is 1. The Morgan fingerprint density at radius 2 is 2.33 bits per heavy atom. The van der Waals surface area contributed by atoms with Crippen molar-refractivity contribution in [1.82, 2.24) is 0 Å². The molecule has 0 aliphatic heterocycles. The van der Waals surface area contributed by atoms with Gasteiger partial charge in [0.05, 0.1) is 8.85 Å². The van der Waals surface area contributed by atoms with Crippen LogP contribution in [0, 0.1) is 11.8 Å². The summed E-state index contributed by atoms with van der Waals surface area (Å²) in [4.78, 5) is 11.3. The van der Waals surface area contributed by atoms with Gasteiger partial charge in [-0.2, -0.15) is 0 Å². The first-order valence-electron chi connectivity index (χ1n) is 6.38. The number of aliphatic hydroxyl groups is 1. The third-order valence-corrected chi connectivity index (χ3v) is 2.70. The normalized spacial score (nSPS) is 18.9. The molecule has 0 amide bonds. The highest BCUT2D eigenvalue weighted by Gasteiger charge is 2.25. The number of hydrogen-bond donors (Lipinski definition) is 1. The lowest BCUT2D eigenvalue weighted by Gasteiger charge is -2.24. The van der Waals surface area contributed by atoms with Crippen LogP contribution in [0.2, 0.25) is 0 Å². The van der Waals surface area contributed by atoms with Crippen LogP contribution in [0.4, 0.5) is 0 Å². The molecule has 3 atom stereocenters. The zero-order valence-electron chi connectivity index (χ0n) is 11.7. The van der Waals surface area contributed by atoms with E-state index in [1.807, 2.05) is 19.9 Å². The molecule has 0 aromatic rings. The number of aliphatic hydroxyl groups excluding tert-OH is 1. The molecular formula is C13H22O2. The van der Waals surface area contributed by atoms with Crippen LogP contribution < -0.4 is 0 Å². The molecule has 1 N–H and O–H groups in total. The van der Waals surface area contributed by atoms with Gasteiger partial charge in [0.25, 0.3) is 0 Å². The number of carbonyl (C=O) groups is 1. The van der Waals surface area contributed by atoms with Crippen molar-refractivity contribution in [3.8, 4) is 0 Å². The van der Waals surface area contributed by atoms with Gasteiger partial charge < -0.3 is 5.11 Å². The average Bonchev–Trinajstić information content (AvgIpc) is 2.24. The summed E-state index contributed by atoms with van der Waals surface area (Å²) in [6.07, 6.45) is 5.47. The van der Waals surface area contributed by atoms with E-state index in [2.05, 4.69) is 0 Å². The molecule has 0 bridgehead atoms. The van der Waals surface area contributed by atoms with E-state index in [0.717, 1.165) is 0 Å². The fourth-order valence-electron chi connectivity index (χ4n) is 1.67. The molecule has 0 fully saturated rings. The summed E-state index contributed by atoms with van der Waals surface area (Å²) in [6.45, 7) is 5.05. The Labute approximate surface area is 95.5 Å². The third-order valence-electron chi connectivity index (χ3n) is 2.70.